The van der Waals surface area contributed by atoms with E-state index in [-0.39, 0.29) is 18.3 Å². The van der Waals surface area contributed by atoms with Crippen LogP contribution >= 0.6 is 11.6 Å². The summed E-state index contributed by atoms with van der Waals surface area (Å²) in [6, 6.07) is 13.2. The molecule has 0 aromatic heterocycles. The quantitative estimate of drug-likeness (QED) is 0.530. The highest BCUT2D eigenvalue weighted by Crippen LogP contribution is 2.10. The molecule has 0 fully saturated rings. The minimum atomic E-state index is -0.331. The van der Waals surface area contributed by atoms with Gasteiger partial charge in [-0.2, -0.15) is 0 Å². The van der Waals surface area contributed by atoms with Gasteiger partial charge in [-0.05, 0) is 30.3 Å². The highest BCUT2D eigenvalue weighted by atomic mass is 35.5. The van der Waals surface area contributed by atoms with E-state index in [2.05, 4.69) is 5.16 Å². The Labute approximate surface area is 115 Å². The van der Waals surface area contributed by atoms with Crippen LogP contribution in [0.5, 0.6) is 0 Å². The van der Waals surface area contributed by atoms with Gasteiger partial charge < -0.3 is 10.6 Å². The molecule has 0 saturated heterocycles. The predicted octanol–water partition coefficient (Wildman–Crippen LogP) is 3.32. The van der Waals surface area contributed by atoms with E-state index in [1.165, 1.54) is 6.07 Å². The Kier molecular flexibility index (Phi) is 4.36. The maximum atomic E-state index is 13.3. The van der Waals surface area contributed by atoms with Gasteiger partial charge in [-0.25, -0.2) is 4.39 Å². The van der Waals surface area contributed by atoms with Crippen molar-refractivity contribution < 1.29 is 9.23 Å². The Morgan fingerprint density at radius 3 is 2.53 bits per heavy atom. The van der Waals surface area contributed by atoms with Crippen LogP contribution in [0.1, 0.15) is 11.1 Å². The van der Waals surface area contributed by atoms with Crippen molar-refractivity contribution in [3.05, 3.63) is 70.5 Å². The van der Waals surface area contributed by atoms with Crippen molar-refractivity contribution in [1.29, 1.82) is 0 Å². The highest BCUT2D eigenvalue weighted by Gasteiger charge is 2.02. The van der Waals surface area contributed by atoms with Crippen molar-refractivity contribution >= 4 is 17.4 Å². The van der Waals surface area contributed by atoms with Crippen molar-refractivity contribution in [2.45, 2.75) is 6.61 Å². The van der Waals surface area contributed by atoms with Gasteiger partial charge in [0.2, 0.25) is 0 Å². The van der Waals surface area contributed by atoms with Gasteiger partial charge in [-0.15, -0.1) is 0 Å². The molecule has 0 heterocycles. The second-order valence-electron chi connectivity index (χ2n) is 3.85. The molecule has 2 N–H and O–H groups in total. The molecule has 2 aromatic carbocycles. The number of hydrogen-bond donors (Lipinski definition) is 1. The summed E-state index contributed by atoms with van der Waals surface area (Å²) in [5, 5.41) is 4.36. The van der Waals surface area contributed by atoms with Gasteiger partial charge in [0.05, 0.1) is 0 Å². The molecule has 5 heteroatoms. The first-order chi connectivity index (χ1) is 9.16. The fourth-order valence-electron chi connectivity index (χ4n) is 1.46. The molecule has 0 spiro atoms. The number of nitrogens with zero attached hydrogens (tertiary/aromatic N) is 1. The minimum absolute atomic E-state index is 0.0287. The van der Waals surface area contributed by atoms with Crippen LogP contribution in [-0.2, 0) is 11.4 Å². The first-order valence-electron chi connectivity index (χ1n) is 5.61. The standard InChI is InChI=1S/C14H12ClFN2O/c15-12-7-5-10(6-8-12)14(17)18-19-9-11-3-1-2-4-13(11)16/h1-8H,9H2,(H2,17,18). The summed E-state index contributed by atoms with van der Waals surface area (Å²) in [4.78, 5) is 5.04. The Balaban J connectivity index is 1.99. The van der Waals surface area contributed by atoms with Crippen LogP contribution in [-0.4, -0.2) is 5.84 Å². The monoisotopic (exact) mass is 278 g/mol. The Morgan fingerprint density at radius 1 is 1.16 bits per heavy atom. The number of oxime groups is 1. The number of rotatable bonds is 4. The molecule has 3 nitrogen and oxygen atoms in total. The van der Waals surface area contributed by atoms with Crippen LogP contribution in [0.4, 0.5) is 4.39 Å². The number of nitrogens with two attached hydrogens (primary N) is 1. The molecule has 0 aliphatic heterocycles. The van der Waals surface area contributed by atoms with E-state index in [4.69, 9.17) is 22.2 Å². The molecular weight excluding hydrogens is 267 g/mol. The summed E-state index contributed by atoms with van der Waals surface area (Å²) in [6.07, 6.45) is 0. The summed E-state index contributed by atoms with van der Waals surface area (Å²) in [6.45, 7) is 0.0287. The second kappa shape index (κ2) is 6.20. The van der Waals surface area contributed by atoms with Crippen molar-refractivity contribution in [2.75, 3.05) is 0 Å². The van der Waals surface area contributed by atoms with Crippen LogP contribution in [0.15, 0.2) is 53.7 Å². The molecule has 0 aliphatic rings. The topological polar surface area (TPSA) is 47.6 Å². The molecule has 0 saturated carbocycles. The molecule has 0 unspecified atom stereocenters. The Morgan fingerprint density at radius 2 is 1.84 bits per heavy atom. The maximum absolute atomic E-state index is 13.3. The van der Waals surface area contributed by atoms with Gasteiger partial charge in [-0.3, -0.25) is 0 Å². The largest absolute Gasteiger partial charge is 0.389 e. The van der Waals surface area contributed by atoms with E-state index < -0.39 is 0 Å². The van der Waals surface area contributed by atoms with Crippen molar-refractivity contribution in [3.8, 4) is 0 Å². The van der Waals surface area contributed by atoms with E-state index >= 15 is 0 Å². The van der Waals surface area contributed by atoms with Gasteiger partial charge >= 0.3 is 0 Å². The molecule has 2 aromatic rings. The smallest absolute Gasteiger partial charge is 0.170 e. The number of benzene rings is 2. The van der Waals surface area contributed by atoms with Crippen molar-refractivity contribution in [3.63, 3.8) is 0 Å². The lowest BCUT2D eigenvalue weighted by Crippen LogP contribution is -2.13. The molecule has 0 atom stereocenters. The number of hydrogen-bond acceptors (Lipinski definition) is 2. The zero-order valence-corrected chi connectivity index (χ0v) is 10.8. The number of amidine groups is 1. The van der Waals surface area contributed by atoms with Crippen LogP contribution in [0.25, 0.3) is 0 Å². The average molecular weight is 279 g/mol. The Hall–Kier alpha value is -2.07. The third kappa shape index (κ3) is 3.69. The highest BCUT2D eigenvalue weighted by molar-refractivity contribution is 6.30. The summed E-state index contributed by atoms with van der Waals surface area (Å²) in [5.74, 6) is -0.115. The number of halogens is 2. The van der Waals surface area contributed by atoms with Gasteiger partial charge in [0.25, 0.3) is 0 Å². The third-order valence-electron chi connectivity index (χ3n) is 2.48. The second-order valence-corrected chi connectivity index (χ2v) is 4.28. The molecule has 0 radical (unpaired) electrons. The lowest BCUT2D eigenvalue weighted by Gasteiger charge is -2.03. The summed E-state index contributed by atoms with van der Waals surface area (Å²) in [5.41, 5.74) is 6.85. The first kappa shape index (κ1) is 13.4. The molecular formula is C14H12ClFN2O. The Bertz CT molecular complexity index is 584. The van der Waals surface area contributed by atoms with Crippen LogP contribution in [0.2, 0.25) is 5.02 Å². The first-order valence-corrected chi connectivity index (χ1v) is 5.99. The maximum Gasteiger partial charge on any atom is 0.170 e. The zero-order chi connectivity index (χ0) is 13.7. The molecule has 0 aliphatic carbocycles. The predicted molar refractivity (Wildman–Crippen MR) is 73.4 cm³/mol. The van der Waals surface area contributed by atoms with Gasteiger partial charge in [-0.1, -0.05) is 35.0 Å². The van der Waals surface area contributed by atoms with E-state index in [1.54, 1.807) is 42.5 Å². The van der Waals surface area contributed by atoms with E-state index in [9.17, 15) is 4.39 Å². The third-order valence-corrected chi connectivity index (χ3v) is 2.73. The van der Waals surface area contributed by atoms with Crippen molar-refractivity contribution in [2.24, 2.45) is 10.9 Å². The minimum Gasteiger partial charge on any atom is -0.389 e. The van der Waals surface area contributed by atoms with Gasteiger partial charge in [0, 0.05) is 16.1 Å². The molecule has 98 valence electrons. The average Bonchev–Trinajstić information content (AvgIpc) is 2.41. The fraction of sp³-hybridized carbons (Fsp3) is 0.0714. The van der Waals surface area contributed by atoms with Gasteiger partial charge in [0.15, 0.2) is 5.84 Å². The van der Waals surface area contributed by atoms with E-state index in [0.29, 0.717) is 16.1 Å². The lowest BCUT2D eigenvalue weighted by molar-refractivity contribution is 0.127. The van der Waals surface area contributed by atoms with Gasteiger partial charge in [0.1, 0.15) is 12.4 Å². The van der Waals surface area contributed by atoms with E-state index in [0.717, 1.165) is 0 Å². The van der Waals surface area contributed by atoms with E-state index in [1.807, 2.05) is 0 Å². The fourth-order valence-corrected chi connectivity index (χ4v) is 1.59. The van der Waals surface area contributed by atoms with Crippen molar-refractivity contribution in [1.82, 2.24) is 0 Å². The summed E-state index contributed by atoms with van der Waals surface area (Å²) >= 11 is 5.76. The van der Waals surface area contributed by atoms with Crippen LogP contribution in [0.3, 0.4) is 0 Å². The van der Waals surface area contributed by atoms with Crippen LogP contribution in [0, 0.1) is 5.82 Å². The van der Waals surface area contributed by atoms with Crippen LogP contribution < -0.4 is 5.73 Å². The molecule has 0 amide bonds. The molecule has 19 heavy (non-hydrogen) atoms. The SMILES string of the molecule is N/C(=N\OCc1ccccc1F)c1ccc(Cl)cc1. The lowest BCUT2D eigenvalue weighted by atomic mass is 10.2. The summed E-state index contributed by atoms with van der Waals surface area (Å²) < 4.78 is 13.3. The molecule has 0 bridgehead atoms. The molecule has 2 rings (SSSR count). The zero-order valence-electron chi connectivity index (χ0n) is 10.0. The summed E-state index contributed by atoms with van der Waals surface area (Å²) in [7, 11) is 0. The normalized spacial score (nSPS) is 11.4.